The molecule has 0 bridgehead atoms. The summed E-state index contributed by atoms with van der Waals surface area (Å²) in [6, 6.07) is 18.4. The van der Waals surface area contributed by atoms with Crippen LogP contribution >= 0.6 is 22.9 Å². The Labute approximate surface area is 229 Å². The number of aromatic nitrogens is 1. The van der Waals surface area contributed by atoms with Crippen LogP contribution in [0.1, 0.15) is 44.9 Å². The van der Waals surface area contributed by atoms with Crippen molar-refractivity contribution in [1.29, 1.82) is 0 Å². The lowest BCUT2D eigenvalue weighted by atomic mass is 9.96. The minimum atomic E-state index is -0.771. The first-order valence-electron chi connectivity index (χ1n) is 12.4. The fourth-order valence-electron chi connectivity index (χ4n) is 4.69. The zero-order chi connectivity index (χ0) is 27.0. The molecular weight excluding hydrogens is 520 g/mol. The fraction of sp³-hybridized carbons (Fsp3) is 0.233. The molecule has 1 atom stereocenters. The van der Waals surface area contributed by atoms with Gasteiger partial charge in [-0.15, -0.1) is 0 Å². The standard InChI is InChI=1S/C30H27ClN2O4S/c1-5-36-24-15-14-19-10-6-7-11-20(19)22(24)16-25-28(34)33-27(21-12-8-9-13-23(21)31)26(29(35)37-17(2)3)18(4)32-30(33)38-25/h6-17,27H,5H2,1-4H3. The minimum Gasteiger partial charge on any atom is -0.493 e. The number of benzene rings is 3. The van der Waals surface area contributed by atoms with Gasteiger partial charge in [0.1, 0.15) is 11.8 Å². The predicted octanol–water partition coefficient (Wildman–Crippen LogP) is 5.39. The van der Waals surface area contributed by atoms with E-state index < -0.39 is 12.0 Å². The molecule has 0 fully saturated rings. The van der Waals surface area contributed by atoms with Crippen LogP contribution in [0, 0.1) is 0 Å². The van der Waals surface area contributed by atoms with Gasteiger partial charge in [-0.05, 0) is 62.2 Å². The van der Waals surface area contributed by atoms with Crippen LogP contribution in [0.3, 0.4) is 0 Å². The van der Waals surface area contributed by atoms with E-state index in [2.05, 4.69) is 4.99 Å². The van der Waals surface area contributed by atoms with Crippen LogP contribution in [-0.4, -0.2) is 23.2 Å². The molecule has 2 heterocycles. The Bertz CT molecular complexity index is 1770. The SMILES string of the molecule is CCOc1ccc2ccccc2c1C=c1sc2n(c1=O)C(c1ccccc1Cl)C(C(=O)OC(C)C)=C(C)N=2. The molecule has 0 saturated heterocycles. The average molecular weight is 547 g/mol. The number of thiazole rings is 1. The van der Waals surface area contributed by atoms with E-state index in [1.54, 1.807) is 31.4 Å². The van der Waals surface area contributed by atoms with Gasteiger partial charge in [0.15, 0.2) is 4.80 Å². The van der Waals surface area contributed by atoms with Gasteiger partial charge in [-0.3, -0.25) is 9.36 Å². The Balaban J connectivity index is 1.78. The fourth-order valence-corrected chi connectivity index (χ4v) is 5.96. The molecule has 3 aromatic carbocycles. The van der Waals surface area contributed by atoms with Crippen molar-refractivity contribution in [2.75, 3.05) is 6.61 Å². The third-order valence-electron chi connectivity index (χ3n) is 6.29. The van der Waals surface area contributed by atoms with Gasteiger partial charge >= 0.3 is 5.97 Å². The summed E-state index contributed by atoms with van der Waals surface area (Å²) in [4.78, 5) is 32.5. The van der Waals surface area contributed by atoms with Gasteiger partial charge in [-0.2, -0.15) is 0 Å². The molecule has 1 aliphatic heterocycles. The topological polar surface area (TPSA) is 69.9 Å². The zero-order valence-corrected chi connectivity index (χ0v) is 23.1. The van der Waals surface area contributed by atoms with Crippen LogP contribution in [0.25, 0.3) is 16.8 Å². The highest BCUT2D eigenvalue weighted by molar-refractivity contribution is 7.07. The van der Waals surface area contributed by atoms with Crippen molar-refractivity contribution in [3.05, 3.63) is 108 Å². The quantitative estimate of drug-likeness (QED) is 0.304. The number of hydrogen-bond acceptors (Lipinski definition) is 6. The van der Waals surface area contributed by atoms with E-state index in [1.165, 1.54) is 11.3 Å². The van der Waals surface area contributed by atoms with Crippen LogP contribution in [0.5, 0.6) is 5.75 Å². The molecule has 0 amide bonds. The second-order valence-corrected chi connectivity index (χ2v) is 10.6. The summed E-state index contributed by atoms with van der Waals surface area (Å²) in [6.45, 7) is 7.75. The third-order valence-corrected chi connectivity index (χ3v) is 7.62. The molecule has 38 heavy (non-hydrogen) atoms. The number of rotatable bonds is 6. The molecular formula is C30H27ClN2O4S. The van der Waals surface area contributed by atoms with Gasteiger partial charge in [0.05, 0.1) is 28.5 Å². The molecule has 0 spiro atoms. The highest BCUT2D eigenvalue weighted by Gasteiger charge is 2.34. The summed E-state index contributed by atoms with van der Waals surface area (Å²) in [5.74, 6) is 0.171. The summed E-state index contributed by atoms with van der Waals surface area (Å²) in [5, 5.41) is 2.46. The molecule has 5 rings (SSSR count). The molecule has 1 aliphatic rings. The van der Waals surface area contributed by atoms with E-state index in [-0.39, 0.29) is 11.7 Å². The van der Waals surface area contributed by atoms with E-state index in [9.17, 15) is 9.59 Å². The van der Waals surface area contributed by atoms with E-state index in [0.717, 1.165) is 16.3 Å². The molecule has 4 aromatic rings. The van der Waals surface area contributed by atoms with Gasteiger partial charge in [0.2, 0.25) is 0 Å². The molecule has 1 aromatic heterocycles. The van der Waals surface area contributed by atoms with Crippen molar-refractivity contribution in [3.8, 4) is 5.75 Å². The molecule has 0 radical (unpaired) electrons. The van der Waals surface area contributed by atoms with Crippen LogP contribution in [-0.2, 0) is 9.53 Å². The van der Waals surface area contributed by atoms with Crippen LogP contribution < -0.4 is 19.6 Å². The highest BCUT2D eigenvalue weighted by Crippen LogP contribution is 2.35. The monoisotopic (exact) mass is 546 g/mol. The van der Waals surface area contributed by atoms with Crippen LogP contribution in [0.15, 0.2) is 81.7 Å². The summed E-state index contributed by atoms with van der Waals surface area (Å²) < 4.78 is 13.5. The van der Waals surface area contributed by atoms with Crippen LogP contribution in [0.4, 0.5) is 0 Å². The number of ether oxygens (including phenoxy) is 2. The maximum atomic E-state index is 14.0. The first-order chi connectivity index (χ1) is 18.3. The Morgan fingerprint density at radius 1 is 1.13 bits per heavy atom. The number of esters is 1. The second kappa shape index (κ2) is 10.6. The summed E-state index contributed by atoms with van der Waals surface area (Å²) in [7, 11) is 0. The molecule has 6 nitrogen and oxygen atoms in total. The van der Waals surface area contributed by atoms with Crippen molar-refractivity contribution in [2.24, 2.45) is 4.99 Å². The number of nitrogens with zero attached hydrogens (tertiary/aromatic N) is 2. The number of halogens is 1. The Hall–Kier alpha value is -3.68. The molecule has 0 saturated carbocycles. The van der Waals surface area contributed by atoms with E-state index in [0.29, 0.717) is 43.5 Å². The van der Waals surface area contributed by atoms with Crippen molar-refractivity contribution in [1.82, 2.24) is 4.57 Å². The lowest BCUT2D eigenvalue weighted by molar-refractivity contribution is -0.143. The zero-order valence-electron chi connectivity index (χ0n) is 21.5. The maximum Gasteiger partial charge on any atom is 0.338 e. The number of hydrogen-bond donors (Lipinski definition) is 0. The highest BCUT2D eigenvalue weighted by atomic mass is 35.5. The summed E-state index contributed by atoms with van der Waals surface area (Å²) in [6.07, 6.45) is 1.52. The Morgan fingerprint density at radius 2 is 1.87 bits per heavy atom. The number of fused-ring (bicyclic) bond motifs is 2. The van der Waals surface area contributed by atoms with Gasteiger partial charge in [-0.1, -0.05) is 71.5 Å². The van der Waals surface area contributed by atoms with Gasteiger partial charge in [0, 0.05) is 10.6 Å². The predicted molar refractivity (Wildman–Crippen MR) is 152 cm³/mol. The van der Waals surface area contributed by atoms with E-state index in [1.807, 2.05) is 67.6 Å². The minimum absolute atomic E-state index is 0.267. The lowest BCUT2D eigenvalue weighted by Crippen LogP contribution is -2.40. The number of carbonyl (C=O) groups is 1. The first-order valence-corrected chi connectivity index (χ1v) is 13.6. The smallest absolute Gasteiger partial charge is 0.338 e. The maximum absolute atomic E-state index is 14.0. The molecule has 8 heteroatoms. The normalized spacial score (nSPS) is 15.5. The van der Waals surface area contributed by atoms with Crippen molar-refractivity contribution in [2.45, 2.75) is 39.8 Å². The van der Waals surface area contributed by atoms with Gasteiger partial charge < -0.3 is 9.47 Å². The Kier molecular flexibility index (Phi) is 7.23. The molecule has 0 N–H and O–H groups in total. The molecule has 194 valence electrons. The average Bonchev–Trinajstić information content (AvgIpc) is 3.19. The lowest BCUT2D eigenvalue weighted by Gasteiger charge is -2.26. The van der Waals surface area contributed by atoms with Crippen molar-refractivity contribution < 1.29 is 14.3 Å². The summed E-state index contributed by atoms with van der Waals surface area (Å²) >= 11 is 7.89. The third kappa shape index (κ3) is 4.68. The van der Waals surface area contributed by atoms with Gasteiger partial charge in [-0.25, -0.2) is 9.79 Å². The van der Waals surface area contributed by atoms with E-state index in [4.69, 9.17) is 21.1 Å². The van der Waals surface area contributed by atoms with Gasteiger partial charge in [0.25, 0.3) is 5.56 Å². The van der Waals surface area contributed by atoms with Crippen LogP contribution in [0.2, 0.25) is 5.02 Å². The number of carbonyl (C=O) groups excluding carboxylic acids is 1. The molecule has 0 aliphatic carbocycles. The van der Waals surface area contributed by atoms with E-state index >= 15 is 0 Å². The Morgan fingerprint density at radius 3 is 2.61 bits per heavy atom. The molecule has 1 unspecified atom stereocenters. The summed E-state index contributed by atoms with van der Waals surface area (Å²) in [5.41, 5.74) is 1.97. The number of allylic oxidation sites excluding steroid dienone is 1. The van der Waals surface area contributed by atoms with Crippen molar-refractivity contribution in [3.63, 3.8) is 0 Å². The second-order valence-electron chi connectivity index (χ2n) is 9.19. The first kappa shape index (κ1) is 25.9. The largest absolute Gasteiger partial charge is 0.493 e. The van der Waals surface area contributed by atoms with Crippen molar-refractivity contribution >= 4 is 45.8 Å².